The molecule has 1 heterocycles. The number of urea groups is 1. The number of anilines is 1. The van der Waals surface area contributed by atoms with Crippen molar-refractivity contribution in [3.05, 3.63) is 48.2 Å². The molecular weight excluding hydrogens is 270 g/mol. The zero-order valence-electron chi connectivity index (χ0n) is 11.7. The summed E-state index contributed by atoms with van der Waals surface area (Å²) in [5.74, 6) is 0.123. The van der Waals surface area contributed by atoms with Crippen LogP contribution in [0.3, 0.4) is 0 Å². The minimum absolute atomic E-state index is 0.114. The van der Waals surface area contributed by atoms with E-state index in [1.165, 1.54) is 0 Å². The van der Waals surface area contributed by atoms with Gasteiger partial charge < -0.3 is 16.0 Å². The second-order valence-electron chi connectivity index (χ2n) is 4.44. The van der Waals surface area contributed by atoms with E-state index in [1.807, 2.05) is 30.3 Å². The number of hydrogen-bond acceptors (Lipinski definition) is 3. The molecule has 0 radical (unpaired) electrons. The maximum Gasteiger partial charge on any atom is 0.315 e. The van der Waals surface area contributed by atoms with E-state index >= 15 is 0 Å². The second-order valence-corrected chi connectivity index (χ2v) is 4.44. The van der Waals surface area contributed by atoms with E-state index in [2.05, 4.69) is 21.0 Å². The number of nitrogens with zero attached hydrogens (tertiary/aromatic N) is 2. The fraction of sp³-hybridized carbons (Fsp3) is 0.214. The molecule has 7 heteroatoms. The molecule has 0 unspecified atom stereocenters. The summed E-state index contributed by atoms with van der Waals surface area (Å²) < 4.78 is 1.58. The van der Waals surface area contributed by atoms with Gasteiger partial charge in [0, 0.05) is 25.9 Å². The molecule has 0 bridgehead atoms. The van der Waals surface area contributed by atoms with Gasteiger partial charge in [-0.1, -0.05) is 30.3 Å². The molecule has 7 nitrogen and oxygen atoms in total. The van der Waals surface area contributed by atoms with Crippen LogP contribution in [0.5, 0.6) is 0 Å². The van der Waals surface area contributed by atoms with Crippen molar-refractivity contribution in [2.75, 3.05) is 11.9 Å². The van der Waals surface area contributed by atoms with Crippen LogP contribution in [0.15, 0.2) is 42.6 Å². The first kappa shape index (κ1) is 14.6. The van der Waals surface area contributed by atoms with E-state index in [0.717, 1.165) is 5.56 Å². The smallest absolute Gasteiger partial charge is 0.315 e. The van der Waals surface area contributed by atoms with Gasteiger partial charge >= 0.3 is 6.03 Å². The highest BCUT2D eigenvalue weighted by atomic mass is 16.2. The molecule has 0 aliphatic carbocycles. The van der Waals surface area contributed by atoms with Gasteiger partial charge in [-0.3, -0.25) is 9.48 Å². The van der Waals surface area contributed by atoms with Crippen LogP contribution in [-0.4, -0.2) is 28.3 Å². The third kappa shape index (κ3) is 4.98. The molecule has 2 rings (SSSR count). The summed E-state index contributed by atoms with van der Waals surface area (Å²) in [5, 5.41) is 11.7. The topological polar surface area (TPSA) is 88.0 Å². The highest BCUT2D eigenvalue weighted by Crippen LogP contribution is 1.99. The molecule has 0 atom stereocenters. The van der Waals surface area contributed by atoms with Crippen LogP contribution in [0.4, 0.5) is 10.6 Å². The zero-order valence-corrected chi connectivity index (χ0v) is 11.7. The number of carbonyl (C=O) groups is 2. The number of rotatable bonds is 5. The predicted octanol–water partition coefficient (Wildman–Crippen LogP) is 0.858. The number of amides is 3. The average molecular weight is 287 g/mol. The predicted molar refractivity (Wildman–Crippen MR) is 78.5 cm³/mol. The quantitative estimate of drug-likeness (QED) is 0.762. The summed E-state index contributed by atoms with van der Waals surface area (Å²) in [5.41, 5.74) is 0.991. The van der Waals surface area contributed by atoms with Gasteiger partial charge in [0.05, 0.1) is 6.54 Å². The van der Waals surface area contributed by atoms with Crippen molar-refractivity contribution in [3.63, 3.8) is 0 Å². The highest BCUT2D eigenvalue weighted by molar-refractivity contribution is 5.93. The van der Waals surface area contributed by atoms with Gasteiger partial charge in [-0.15, -0.1) is 0 Å². The number of benzene rings is 1. The minimum atomic E-state index is -0.393. The fourth-order valence-corrected chi connectivity index (χ4v) is 1.67. The molecule has 2 aromatic rings. The number of carbonyl (C=O) groups excluding carboxylic acids is 2. The lowest BCUT2D eigenvalue weighted by atomic mass is 10.2. The fourth-order valence-electron chi connectivity index (χ4n) is 1.67. The maximum absolute atomic E-state index is 11.6. The first-order valence-electron chi connectivity index (χ1n) is 6.48. The Morgan fingerprint density at radius 1 is 1.14 bits per heavy atom. The molecule has 1 aromatic heterocycles. The van der Waals surface area contributed by atoms with Crippen molar-refractivity contribution in [2.45, 2.75) is 6.54 Å². The monoisotopic (exact) mass is 287 g/mol. The summed E-state index contributed by atoms with van der Waals surface area (Å²) >= 11 is 0. The molecule has 0 spiro atoms. The van der Waals surface area contributed by atoms with E-state index in [4.69, 9.17) is 0 Å². The van der Waals surface area contributed by atoms with Gasteiger partial charge in [-0.05, 0) is 5.56 Å². The first-order valence-corrected chi connectivity index (χ1v) is 6.48. The Kier molecular flexibility index (Phi) is 4.92. The SMILES string of the molecule is Cn1ccc(NC(=O)CNC(=O)NCc2ccccc2)n1. The Balaban J connectivity index is 1.67. The van der Waals surface area contributed by atoms with Gasteiger partial charge in [0.15, 0.2) is 5.82 Å². The Hall–Kier alpha value is -2.83. The normalized spacial score (nSPS) is 9.95. The van der Waals surface area contributed by atoms with Crippen molar-refractivity contribution in [1.82, 2.24) is 20.4 Å². The van der Waals surface area contributed by atoms with Crippen LogP contribution in [0.1, 0.15) is 5.56 Å². The lowest BCUT2D eigenvalue weighted by molar-refractivity contribution is -0.115. The van der Waals surface area contributed by atoms with Crippen LogP contribution in [0.25, 0.3) is 0 Å². The summed E-state index contributed by atoms with van der Waals surface area (Å²) in [6.07, 6.45) is 1.72. The third-order valence-corrected chi connectivity index (χ3v) is 2.69. The van der Waals surface area contributed by atoms with Gasteiger partial charge in [-0.2, -0.15) is 5.10 Å². The van der Waals surface area contributed by atoms with Crippen LogP contribution < -0.4 is 16.0 Å². The molecule has 3 N–H and O–H groups in total. The number of aryl methyl sites for hydroxylation is 1. The standard InChI is InChI=1S/C14H17N5O2/c1-19-8-7-12(18-19)17-13(20)10-16-14(21)15-9-11-5-3-2-4-6-11/h2-8H,9-10H2,1H3,(H2,15,16,21)(H,17,18,20). The van der Waals surface area contributed by atoms with E-state index in [9.17, 15) is 9.59 Å². The molecule has 0 aliphatic heterocycles. The molecule has 110 valence electrons. The van der Waals surface area contributed by atoms with Crippen molar-refractivity contribution < 1.29 is 9.59 Å². The summed E-state index contributed by atoms with van der Waals surface area (Å²) in [6.45, 7) is 0.297. The average Bonchev–Trinajstić information content (AvgIpc) is 2.89. The number of aromatic nitrogens is 2. The lowest BCUT2D eigenvalue weighted by Crippen LogP contribution is -2.39. The molecule has 0 aliphatic rings. The van der Waals surface area contributed by atoms with Gasteiger partial charge in [0.25, 0.3) is 0 Å². The van der Waals surface area contributed by atoms with Crippen molar-refractivity contribution in [2.24, 2.45) is 7.05 Å². The van der Waals surface area contributed by atoms with E-state index < -0.39 is 6.03 Å². The maximum atomic E-state index is 11.6. The Morgan fingerprint density at radius 3 is 2.57 bits per heavy atom. The van der Waals surface area contributed by atoms with Crippen LogP contribution in [-0.2, 0) is 18.4 Å². The van der Waals surface area contributed by atoms with E-state index in [0.29, 0.717) is 12.4 Å². The molecule has 3 amide bonds. The Morgan fingerprint density at radius 2 is 1.90 bits per heavy atom. The summed E-state index contributed by atoms with van der Waals surface area (Å²) in [7, 11) is 1.75. The first-order chi connectivity index (χ1) is 10.1. The third-order valence-electron chi connectivity index (χ3n) is 2.69. The second kappa shape index (κ2) is 7.09. The minimum Gasteiger partial charge on any atom is -0.334 e. The van der Waals surface area contributed by atoms with E-state index in [1.54, 1.807) is 24.0 Å². The number of nitrogens with one attached hydrogen (secondary N) is 3. The van der Waals surface area contributed by atoms with Crippen molar-refractivity contribution >= 4 is 17.8 Å². The van der Waals surface area contributed by atoms with Gasteiger partial charge in [0.1, 0.15) is 0 Å². The Labute approximate surface area is 122 Å². The summed E-state index contributed by atoms with van der Waals surface area (Å²) in [4.78, 5) is 23.2. The molecule has 21 heavy (non-hydrogen) atoms. The van der Waals surface area contributed by atoms with Crippen molar-refractivity contribution in [1.29, 1.82) is 0 Å². The van der Waals surface area contributed by atoms with Crippen molar-refractivity contribution in [3.8, 4) is 0 Å². The molecule has 0 saturated heterocycles. The molecular formula is C14H17N5O2. The molecule has 0 fully saturated rings. The van der Waals surface area contributed by atoms with Crippen LogP contribution in [0, 0.1) is 0 Å². The zero-order chi connectivity index (χ0) is 15.1. The molecule has 0 saturated carbocycles. The highest BCUT2D eigenvalue weighted by Gasteiger charge is 2.06. The number of hydrogen-bond donors (Lipinski definition) is 3. The lowest BCUT2D eigenvalue weighted by Gasteiger charge is -2.07. The van der Waals surface area contributed by atoms with Crippen LogP contribution >= 0.6 is 0 Å². The van der Waals surface area contributed by atoms with Gasteiger partial charge in [-0.25, -0.2) is 4.79 Å². The summed E-state index contributed by atoms with van der Waals surface area (Å²) in [6, 6.07) is 10.8. The largest absolute Gasteiger partial charge is 0.334 e. The Bertz CT molecular complexity index is 609. The molecule has 1 aromatic carbocycles. The van der Waals surface area contributed by atoms with Gasteiger partial charge in [0.2, 0.25) is 5.91 Å². The van der Waals surface area contributed by atoms with Crippen LogP contribution in [0.2, 0.25) is 0 Å². The van der Waals surface area contributed by atoms with E-state index in [-0.39, 0.29) is 12.5 Å².